The predicted octanol–water partition coefficient (Wildman–Crippen LogP) is 4.70. The van der Waals surface area contributed by atoms with Gasteiger partial charge in [0.15, 0.2) is 0 Å². The zero-order valence-corrected chi connectivity index (χ0v) is 11.5. The summed E-state index contributed by atoms with van der Waals surface area (Å²) in [6, 6.07) is 13.8. The second kappa shape index (κ2) is 6.37. The minimum absolute atomic E-state index is 0.141. The van der Waals surface area contributed by atoms with Crippen LogP contribution in [0.5, 0.6) is 0 Å². The van der Waals surface area contributed by atoms with E-state index in [1.165, 1.54) is 5.56 Å². The fourth-order valence-corrected chi connectivity index (χ4v) is 2.03. The summed E-state index contributed by atoms with van der Waals surface area (Å²) in [5.41, 5.74) is 4.07. The summed E-state index contributed by atoms with van der Waals surface area (Å²) in [5.74, 6) is -0.141. The van der Waals surface area contributed by atoms with Gasteiger partial charge in [0.1, 0.15) is 5.82 Å². The van der Waals surface area contributed by atoms with Crippen molar-refractivity contribution in [2.75, 3.05) is 5.32 Å². The van der Waals surface area contributed by atoms with E-state index in [0.29, 0.717) is 12.1 Å². The van der Waals surface area contributed by atoms with Crippen molar-refractivity contribution in [3.05, 3.63) is 65.0 Å². The lowest BCUT2D eigenvalue weighted by molar-refractivity contribution is 0.616. The van der Waals surface area contributed by atoms with Crippen LogP contribution in [-0.2, 0) is 13.0 Å². The Bertz CT molecular complexity index is 531. The maximum Gasteiger partial charge on any atom is 0.126 e. The van der Waals surface area contributed by atoms with Crippen molar-refractivity contribution in [3.63, 3.8) is 0 Å². The molecular weight excluding hydrogens is 237 g/mol. The van der Waals surface area contributed by atoms with Crippen molar-refractivity contribution in [3.8, 4) is 0 Å². The molecule has 2 heteroatoms. The van der Waals surface area contributed by atoms with Gasteiger partial charge in [0.25, 0.3) is 0 Å². The molecule has 0 aromatic heterocycles. The molecule has 0 aliphatic heterocycles. The molecule has 0 heterocycles. The van der Waals surface area contributed by atoms with Gasteiger partial charge in [0.2, 0.25) is 0 Å². The van der Waals surface area contributed by atoms with E-state index in [1.807, 2.05) is 12.1 Å². The number of rotatable bonds is 5. The van der Waals surface area contributed by atoms with E-state index in [2.05, 4.69) is 36.5 Å². The Morgan fingerprint density at radius 2 is 1.68 bits per heavy atom. The number of halogens is 1. The van der Waals surface area contributed by atoms with Gasteiger partial charge in [-0.1, -0.05) is 37.6 Å². The van der Waals surface area contributed by atoms with E-state index in [1.54, 1.807) is 13.0 Å². The van der Waals surface area contributed by atoms with Crippen LogP contribution in [0.1, 0.15) is 30.0 Å². The summed E-state index contributed by atoms with van der Waals surface area (Å²) in [6.45, 7) is 4.60. The topological polar surface area (TPSA) is 12.0 Å². The molecule has 19 heavy (non-hydrogen) atoms. The van der Waals surface area contributed by atoms with E-state index in [9.17, 15) is 4.39 Å². The Labute approximate surface area is 114 Å². The maximum absolute atomic E-state index is 13.4. The van der Waals surface area contributed by atoms with Crippen LogP contribution in [0.15, 0.2) is 42.5 Å². The Balaban J connectivity index is 1.96. The van der Waals surface area contributed by atoms with Gasteiger partial charge in [0.05, 0.1) is 0 Å². The third-order valence-corrected chi connectivity index (χ3v) is 3.23. The molecule has 2 aromatic carbocycles. The average molecular weight is 257 g/mol. The molecule has 0 spiro atoms. The summed E-state index contributed by atoms with van der Waals surface area (Å²) in [4.78, 5) is 0. The summed E-state index contributed by atoms with van der Waals surface area (Å²) in [7, 11) is 0. The largest absolute Gasteiger partial charge is 0.381 e. The average Bonchev–Trinajstić information content (AvgIpc) is 2.42. The number of nitrogens with one attached hydrogen (secondary N) is 1. The minimum Gasteiger partial charge on any atom is -0.381 e. The summed E-state index contributed by atoms with van der Waals surface area (Å²) in [5, 5.41) is 3.31. The van der Waals surface area contributed by atoms with Gasteiger partial charge in [-0.2, -0.15) is 0 Å². The maximum atomic E-state index is 13.4. The van der Waals surface area contributed by atoms with Crippen LogP contribution >= 0.6 is 0 Å². The van der Waals surface area contributed by atoms with Crippen LogP contribution < -0.4 is 5.32 Å². The highest BCUT2D eigenvalue weighted by atomic mass is 19.1. The Morgan fingerprint density at radius 3 is 2.32 bits per heavy atom. The number of anilines is 1. The third kappa shape index (κ3) is 3.82. The molecule has 0 saturated carbocycles. The molecule has 1 nitrogen and oxygen atoms in total. The first-order valence-electron chi connectivity index (χ1n) is 6.77. The van der Waals surface area contributed by atoms with Crippen molar-refractivity contribution >= 4 is 5.69 Å². The normalized spacial score (nSPS) is 10.5. The summed E-state index contributed by atoms with van der Waals surface area (Å²) >= 11 is 0. The smallest absolute Gasteiger partial charge is 0.126 e. The number of aryl methyl sites for hydroxylation is 2. The first-order chi connectivity index (χ1) is 9.19. The second-order valence-electron chi connectivity index (χ2n) is 4.88. The van der Waals surface area contributed by atoms with E-state index in [-0.39, 0.29) is 5.82 Å². The molecule has 2 rings (SSSR count). The molecule has 0 amide bonds. The van der Waals surface area contributed by atoms with Gasteiger partial charge >= 0.3 is 0 Å². The Kier molecular flexibility index (Phi) is 4.56. The summed E-state index contributed by atoms with van der Waals surface area (Å²) < 4.78 is 13.4. The summed E-state index contributed by atoms with van der Waals surface area (Å²) in [6.07, 6.45) is 2.28. The minimum atomic E-state index is -0.141. The van der Waals surface area contributed by atoms with E-state index in [4.69, 9.17) is 0 Å². The van der Waals surface area contributed by atoms with Crippen molar-refractivity contribution < 1.29 is 4.39 Å². The molecule has 100 valence electrons. The van der Waals surface area contributed by atoms with Crippen LogP contribution in [0.3, 0.4) is 0 Å². The first-order valence-corrected chi connectivity index (χ1v) is 6.77. The quantitative estimate of drug-likeness (QED) is 0.818. The van der Waals surface area contributed by atoms with Crippen LogP contribution in [-0.4, -0.2) is 0 Å². The fraction of sp³-hybridized carbons (Fsp3) is 0.294. The van der Waals surface area contributed by atoms with Crippen LogP contribution in [0, 0.1) is 12.7 Å². The molecule has 1 N–H and O–H groups in total. The first kappa shape index (κ1) is 13.6. The van der Waals surface area contributed by atoms with Gasteiger partial charge in [-0.3, -0.25) is 0 Å². The van der Waals surface area contributed by atoms with Gasteiger partial charge in [-0.25, -0.2) is 4.39 Å². The highest BCUT2D eigenvalue weighted by Gasteiger charge is 2.00. The fourth-order valence-electron chi connectivity index (χ4n) is 2.03. The lowest BCUT2D eigenvalue weighted by Crippen LogP contribution is -2.00. The molecule has 0 fully saturated rings. The van der Waals surface area contributed by atoms with Gasteiger partial charge < -0.3 is 5.32 Å². The number of hydrogen-bond donors (Lipinski definition) is 1. The lowest BCUT2D eigenvalue weighted by Gasteiger charge is -2.08. The highest BCUT2D eigenvalue weighted by molar-refractivity contribution is 5.45. The number of benzene rings is 2. The zero-order chi connectivity index (χ0) is 13.7. The Morgan fingerprint density at radius 1 is 1.00 bits per heavy atom. The second-order valence-corrected chi connectivity index (χ2v) is 4.88. The molecule has 0 aliphatic carbocycles. The molecule has 2 aromatic rings. The lowest BCUT2D eigenvalue weighted by atomic mass is 10.1. The van der Waals surface area contributed by atoms with Crippen molar-refractivity contribution in [2.24, 2.45) is 0 Å². The third-order valence-electron chi connectivity index (χ3n) is 3.23. The van der Waals surface area contributed by atoms with Crippen molar-refractivity contribution in [1.82, 2.24) is 0 Å². The molecule has 0 unspecified atom stereocenters. The monoisotopic (exact) mass is 257 g/mol. The molecular formula is C17H20FN. The van der Waals surface area contributed by atoms with Gasteiger partial charge in [-0.15, -0.1) is 0 Å². The molecule has 0 saturated heterocycles. The highest BCUT2D eigenvalue weighted by Crippen LogP contribution is 2.14. The van der Waals surface area contributed by atoms with Crippen molar-refractivity contribution in [2.45, 2.75) is 33.2 Å². The zero-order valence-electron chi connectivity index (χ0n) is 11.5. The Hall–Kier alpha value is -1.83. The van der Waals surface area contributed by atoms with Crippen LogP contribution in [0.4, 0.5) is 10.1 Å². The van der Waals surface area contributed by atoms with E-state index < -0.39 is 0 Å². The van der Waals surface area contributed by atoms with Crippen LogP contribution in [0.25, 0.3) is 0 Å². The SMILES string of the molecule is CCCc1ccc(NCc2ccc(C)c(F)c2)cc1. The standard InChI is InChI=1S/C17H20FN/c1-3-4-14-7-9-16(10-8-14)19-12-15-6-5-13(2)17(18)11-15/h5-11,19H,3-4,12H2,1-2H3. The molecule has 0 aliphatic rings. The predicted molar refractivity (Wildman–Crippen MR) is 78.9 cm³/mol. The van der Waals surface area contributed by atoms with E-state index in [0.717, 1.165) is 24.1 Å². The van der Waals surface area contributed by atoms with Gasteiger partial charge in [-0.05, 0) is 48.2 Å². The van der Waals surface area contributed by atoms with Crippen molar-refractivity contribution in [1.29, 1.82) is 0 Å². The molecule has 0 bridgehead atoms. The molecule has 0 atom stereocenters. The molecule has 0 radical (unpaired) electrons. The van der Waals surface area contributed by atoms with E-state index >= 15 is 0 Å². The number of hydrogen-bond acceptors (Lipinski definition) is 1. The van der Waals surface area contributed by atoms with Crippen LogP contribution in [0.2, 0.25) is 0 Å². The van der Waals surface area contributed by atoms with Gasteiger partial charge in [0, 0.05) is 12.2 Å².